The standard InChI is InChI=1S/C23H32N2O4S/c1-8-20(19-11-10-16(3)17(4)14-19)24-23(26)18(5)25(30(7,27)28)21-13-15(2)9-12-22(21)29-6/h9-14,18,20H,8H2,1-7H3,(H,24,26)/t18-,20+/m0/s1. The zero-order valence-corrected chi connectivity index (χ0v) is 19.6. The van der Waals surface area contributed by atoms with E-state index >= 15 is 0 Å². The molecule has 7 heteroatoms. The van der Waals surface area contributed by atoms with Gasteiger partial charge >= 0.3 is 0 Å². The SMILES string of the molecule is CC[C@@H](NC(=O)[C@H](C)N(c1cc(C)ccc1OC)S(C)(=O)=O)c1ccc(C)c(C)c1. The molecule has 0 radical (unpaired) electrons. The van der Waals surface area contributed by atoms with Gasteiger partial charge in [0.2, 0.25) is 15.9 Å². The Morgan fingerprint density at radius 2 is 1.77 bits per heavy atom. The van der Waals surface area contributed by atoms with Gasteiger partial charge < -0.3 is 10.1 Å². The molecule has 2 rings (SSSR count). The van der Waals surface area contributed by atoms with E-state index in [0.29, 0.717) is 17.9 Å². The smallest absolute Gasteiger partial charge is 0.244 e. The van der Waals surface area contributed by atoms with Gasteiger partial charge in [0.15, 0.2) is 0 Å². The number of nitrogens with one attached hydrogen (secondary N) is 1. The predicted molar refractivity (Wildman–Crippen MR) is 122 cm³/mol. The Morgan fingerprint density at radius 3 is 2.30 bits per heavy atom. The lowest BCUT2D eigenvalue weighted by molar-refractivity contribution is -0.122. The van der Waals surface area contributed by atoms with E-state index in [9.17, 15) is 13.2 Å². The summed E-state index contributed by atoms with van der Waals surface area (Å²) in [5.74, 6) is 0.0286. The summed E-state index contributed by atoms with van der Waals surface area (Å²) in [6, 6.07) is 10.2. The van der Waals surface area contributed by atoms with Gasteiger partial charge in [0.1, 0.15) is 11.8 Å². The van der Waals surface area contributed by atoms with Gasteiger partial charge in [-0.2, -0.15) is 0 Å². The van der Waals surface area contributed by atoms with Crippen LogP contribution in [0.5, 0.6) is 5.75 Å². The summed E-state index contributed by atoms with van der Waals surface area (Å²) in [4.78, 5) is 13.1. The zero-order valence-electron chi connectivity index (χ0n) is 18.8. The minimum atomic E-state index is -3.74. The van der Waals surface area contributed by atoms with Crippen molar-refractivity contribution in [3.63, 3.8) is 0 Å². The molecule has 1 amide bonds. The first-order valence-corrected chi connectivity index (χ1v) is 11.9. The zero-order chi connectivity index (χ0) is 22.6. The Kier molecular flexibility index (Phi) is 7.53. The third kappa shape index (κ3) is 5.33. The first kappa shape index (κ1) is 23.7. The van der Waals surface area contributed by atoms with E-state index in [4.69, 9.17) is 4.74 Å². The van der Waals surface area contributed by atoms with Crippen LogP contribution in [0.1, 0.15) is 48.6 Å². The van der Waals surface area contributed by atoms with Crippen LogP contribution in [0.4, 0.5) is 5.69 Å². The molecule has 2 aromatic carbocycles. The van der Waals surface area contributed by atoms with Crippen molar-refractivity contribution < 1.29 is 17.9 Å². The van der Waals surface area contributed by atoms with Gasteiger partial charge in [-0.05, 0) is 68.5 Å². The van der Waals surface area contributed by atoms with Crippen molar-refractivity contribution in [3.05, 3.63) is 58.7 Å². The van der Waals surface area contributed by atoms with Gasteiger partial charge in [-0.25, -0.2) is 8.42 Å². The fraction of sp³-hybridized carbons (Fsp3) is 0.435. The summed E-state index contributed by atoms with van der Waals surface area (Å²) in [6.07, 6.45) is 1.78. The quantitative estimate of drug-likeness (QED) is 0.683. The van der Waals surface area contributed by atoms with Crippen molar-refractivity contribution in [1.82, 2.24) is 5.32 Å². The molecule has 0 fully saturated rings. The van der Waals surface area contributed by atoms with Gasteiger partial charge in [-0.1, -0.05) is 31.2 Å². The number of rotatable bonds is 8. The Balaban J connectivity index is 2.38. The monoisotopic (exact) mass is 432 g/mol. The maximum Gasteiger partial charge on any atom is 0.244 e. The molecule has 0 saturated heterocycles. The largest absolute Gasteiger partial charge is 0.495 e. The molecule has 0 aliphatic heterocycles. The highest BCUT2D eigenvalue weighted by atomic mass is 32.2. The highest BCUT2D eigenvalue weighted by Gasteiger charge is 2.32. The van der Waals surface area contributed by atoms with Gasteiger partial charge in [0.05, 0.1) is 25.1 Å². The number of benzene rings is 2. The number of methoxy groups -OCH3 is 1. The lowest BCUT2D eigenvalue weighted by atomic mass is 9.99. The summed E-state index contributed by atoms with van der Waals surface area (Å²) < 4.78 is 31.8. The van der Waals surface area contributed by atoms with Gasteiger partial charge in [-0.15, -0.1) is 0 Å². The Morgan fingerprint density at radius 1 is 1.10 bits per heavy atom. The van der Waals surface area contributed by atoms with Gasteiger partial charge in [0, 0.05) is 0 Å². The molecule has 0 aromatic heterocycles. The number of carbonyl (C=O) groups excluding carboxylic acids is 1. The number of aryl methyl sites for hydroxylation is 3. The molecule has 164 valence electrons. The van der Waals surface area contributed by atoms with Crippen molar-refractivity contribution in [2.24, 2.45) is 0 Å². The summed E-state index contributed by atoms with van der Waals surface area (Å²) >= 11 is 0. The second-order valence-electron chi connectivity index (χ2n) is 7.72. The molecule has 2 aromatic rings. The summed E-state index contributed by atoms with van der Waals surface area (Å²) in [5.41, 5.74) is 4.55. The van der Waals surface area contributed by atoms with Crippen LogP contribution in [-0.2, 0) is 14.8 Å². The molecule has 0 aliphatic rings. The van der Waals surface area contributed by atoms with E-state index in [0.717, 1.165) is 27.3 Å². The Bertz CT molecular complexity index is 1020. The fourth-order valence-corrected chi connectivity index (χ4v) is 4.62. The fourth-order valence-electron chi connectivity index (χ4n) is 3.45. The van der Waals surface area contributed by atoms with E-state index in [-0.39, 0.29) is 11.9 Å². The second-order valence-corrected chi connectivity index (χ2v) is 9.58. The maximum atomic E-state index is 13.1. The maximum absolute atomic E-state index is 13.1. The van der Waals surface area contributed by atoms with E-state index in [2.05, 4.69) is 11.4 Å². The van der Waals surface area contributed by atoms with Crippen LogP contribution in [0.2, 0.25) is 0 Å². The Hall–Kier alpha value is -2.54. The van der Waals surface area contributed by atoms with E-state index in [1.165, 1.54) is 12.7 Å². The summed E-state index contributed by atoms with van der Waals surface area (Å²) in [7, 11) is -2.26. The molecule has 0 saturated carbocycles. The van der Waals surface area contributed by atoms with Crippen molar-refractivity contribution in [2.45, 2.75) is 53.1 Å². The highest BCUT2D eigenvalue weighted by molar-refractivity contribution is 7.92. The summed E-state index contributed by atoms with van der Waals surface area (Å²) in [5, 5.41) is 3.02. The van der Waals surface area contributed by atoms with Crippen molar-refractivity contribution >= 4 is 21.6 Å². The van der Waals surface area contributed by atoms with E-state index in [1.807, 2.05) is 45.9 Å². The number of sulfonamides is 1. The van der Waals surface area contributed by atoms with Crippen molar-refractivity contribution in [2.75, 3.05) is 17.7 Å². The molecule has 2 atom stereocenters. The van der Waals surface area contributed by atoms with Crippen LogP contribution in [0, 0.1) is 20.8 Å². The molecule has 6 nitrogen and oxygen atoms in total. The number of ether oxygens (including phenoxy) is 1. The topological polar surface area (TPSA) is 75.7 Å². The third-order valence-electron chi connectivity index (χ3n) is 5.32. The average molecular weight is 433 g/mol. The van der Waals surface area contributed by atoms with Crippen molar-refractivity contribution in [3.8, 4) is 5.75 Å². The van der Waals surface area contributed by atoms with Crippen LogP contribution >= 0.6 is 0 Å². The molecule has 0 unspecified atom stereocenters. The van der Waals surface area contributed by atoms with Gasteiger partial charge in [-0.3, -0.25) is 9.10 Å². The molecule has 0 heterocycles. The highest BCUT2D eigenvalue weighted by Crippen LogP contribution is 2.33. The van der Waals surface area contributed by atoms with Crippen LogP contribution in [-0.4, -0.2) is 33.7 Å². The minimum absolute atomic E-state index is 0.208. The van der Waals surface area contributed by atoms with Crippen LogP contribution in [0.15, 0.2) is 36.4 Å². The normalized spacial score (nSPS) is 13.4. The van der Waals surface area contributed by atoms with E-state index < -0.39 is 16.1 Å². The molecular weight excluding hydrogens is 400 g/mol. The van der Waals surface area contributed by atoms with Gasteiger partial charge in [0.25, 0.3) is 0 Å². The second kappa shape index (κ2) is 9.51. The predicted octanol–water partition coefficient (Wildman–Crippen LogP) is 4.04. The molecule has 1 N–H and O–H groups in total. The first-order chi connectivity index (χ1) is 14.0. The first-order valence-electron chi connectivity index (χ1n) is 10.0. The molecule has 0 aliphatic carbocycles. The molecular formula is C23H32N2O4S. The van der Waals surface area contributed by atoms with Crippen LogP contribution in [0.3, 0.4) is 0 Å². The molecule has 30 heavy (non-hydrogen) atoms. The van der Waals surface area contributed by atoms with Crippen LogP contribution < -0.4 is 14.4 Å². The lowest BCUT2D eigenvalue weighted by Crippen LogP contribution is -2.48. The number of carbonyl (C=O) groups is 1. The Labute approximate surface area is 180 Å². The van der Waals surface area contributed by atoms with Crippen molar-refractivity contribution in [1.29, 1.82) is 0 Å². The lowest BCUT2D eigenvalue weighted by Gasteiger charge is -2.31. The molecule has 0 spiro atoms. The number of amides is 1. The van der Waals surface area contributed by atoms with Crippen LogP contribution in [0.25, 0.3) is 0 Å². The molecule has 0 bridgehead atoms. The number of hydrogen-bond acceptors (Lipinski definition) is 4. The average Bonchev–Trinajstić information content (AvgIpc) is 2.67. The number of anilines is 1. The third-order valence-corrected chi connectivity index (χ3v) is 6.55. The minimum Gasteiger partial charge on any atom is -0.495 e. The summed E-state index contributed by atoms with van der Waals surface area (Å²) in [6.45, 7) is 9.51. The number of hydrogen-bond donors (Lipinski definition) is 1. The van der Waals surface area contributed by atoms with E-state index in [1.54, 1.807) is 19.1 Å². The number of nitrogens with zero attached hydrogens (tertiary/aromatic N) is 1.